The third kappa shape index (κ3) is 7.29. The molecule has 2 aliphatic heterocycles. The summed E-state index contributed by atoms with van der Waals surface area (Å²) in [5, 5.41) is 0.987. The molecule has 2 heterocycles. The number of carbonyl (C=O) groups is 1. The average molecular weight is 572 g/mol. The molecule has 0 aromatic heterocycles. The Hall–Kier alpha value is -1.68. The number of nitrogens with zero attached hydrogens (tertiary/aromatic N) is 3. The number of ether oxygens (including phenoxy) is 1. The molecule has 0 radical (unpaired) electrons. The van der Waals surface area contributed by atoms with Crippen molar-refractivity contribution in [2.24, 2.45) is 0 Å². The Morgan fingerprint density at radius 2 is 1.74 bits per heavy atom. The minimum atomic E-state index is -4.36. The van der Waals surface area contributed by atoms with E-state index in [1.54, 1.807) is 19.1 Å². The van der Waals surface area contributed by atoms with E-state index in [0.717, 1.165) is 55.9 Å². The van der Waals surface area contributed by atoms with E-state index in [1.807, 2.05) is 25.2 Å². The van der Waals surface area contributed by atoms with E-state index in [-0.39, 0.29) is 23.9 Å². The quantitative estimate of drug-likeness (QED) is 0.372. The van der Waals surface area contributed by atoms with Gasteiger partial charge in [0.25, 0.3) is 0 Å². The molecule has 0 saturated carbocycles. The summed E-state index contributed by atoms with van der Waals surface area (Å²) < 4.78 is 44.7. The molecule has 38 heavy (non-hydrogen) atoms. The third-order valence-electron chi connectivity index (χ3n) is 7.61. The molecule has 3 atom stereocenters. The minimum Gasteiger partial charge on any atom is -0.379 e. The molecule has 2 fully saturated rings. The lowest BCUT2D eigenvalue weighted by molar-refractivity contribution is -0.137. The van der Waals surface area contributed by atoms with Crippen LogP contribution in [-0.2, 0) is 22.3 Å². The molecule has 2 aromatic rings. The Labute approximate surface area is 232 Å². The summed E-state index contributed by atoms with van der Waals surface area (Å²) in [7, 11) is 2.01. The first-order chi connectivity index (χ1) is 18.0. The van der Waals surface area contributed by atoms with Gasteiger partial charge in [0.05, 0.1) is 35.0 Å². The summed E-state index contributed by atoms with van der Waals surface area (Å²) in [5.41, 5.74) is 1.23. The highest BCUT2D eigenvalue weighted by molar-refractivity contribution is 6.42. The maximum absolute atomic E-state index is 13.0. The highest BCUT2D eigenvalue weighted by Gasteiger charge is 2.41. The molecular weight excluding hydrogens is 538 g/mol. The van der Waals surface area contributed by atoms with Crippen LogP contribution in [0.3, 0.4) is 0 Å². The lowest BCUT2D eigenvalue weighted by Crippen LogP contribution is -2.52. The Morgan fingerprint density at radius 1 is 1.05 bits per heavy atom. The van der Waals surface area contributed by atoms with Gasteiger partial charge in [-0.2, -0.15) is 13.2 Å². The van der Waals surface area contributed by atoms with Crippen molar-refractivity contribution in [3.05, 3.63) is 69.2 Å². The molecule has 208 valence electrons. The van der Waals surface area contributed by atoms with Crippen molar-refractivity contribution in [3.63, 3.8) is 0 Å². The number of Topliss-reactive ketones (excluding diaryl/α,β-unsaturated/α-hetero) is 1. The first kappa shape index (κ1) is 29.3. The standard InChI is InChI=1S/C28H34Cl2F3N3O2/c1-19(37)3-10-27(35-11-13-38-14-12-35)36-17-23(21-6-9-24(29)25(30)15-21)26(18-36)34(2)16-20-4-7-22(8-5-20)28(31,32)33/h4-9,15,23,26-27H,3,10-14,16-18H2,1-2H3/t23-,26-,27?/m1/s1. The number of likely N-dealkylation sites (N-methyl/N-ethyl adjacent to an activating group) is 1. The van der Waals surface area contributed by atoms with Crippen LogP contribution in [0, 0.1) is 0 Å². The first-order valence-electron chi connectivity index (χ1n) is 12.9. The highest BCUT2D eigenvalue weighted by atomic mass is 35.5. The Bertz CT molecular complexity index is 1090. The zero-order valence-electron chi connectivity index (χ0n) is 21.7. The topological polar surface area (TPSA) is 36.0 Å². The number of ketones is 1. The number of hydrogen-bond donors (Lipinski definition) is 0. The van der Waals surface area contributed by atoms with Gasteiger partial charge in [-0.3, -0.25) is 14.7 Å². The van der Waals surface area contributed by atoms with Crippen molar-refractivity contribution in [1.82, 2.24) is 14.7 Å². The van der Waals surface area contributed by atoms with Crippen LogP contribution in [0.5, 0.6) is 0 Å². The second-order valence-electron chi connectivity index (χ2n) is 10.3. The second kappa shape index (κ2) is 12.7. The largest absolute Gasteiger partial charge is 0.416 e. The number of carbonyl (C=O) groups excluding carboxylic acids is 1. The van der Waals surface area contributed by atoms with E-state index in [0.29, 0.717) is 36.2 Å². The van der Waals surface area contributed by atoms with E-state index in [9.17, 15) is 18.0 Å². The maximum atomic E-state index is 13.0. The van der Waals surface area contributed by atoms with Gasteiger partial charge in [0.1, 0.15) is 5.78 Å². The lowest BCUT2D eigenvalue weighted by Gasteiger charge is -2.40. The van der Waals surface area contributed by atoms with Crippen LogP contribution < -0.4 is 0 Å². The molecule has 0 amide bonds. The lowest BCUT2D eigenvalue weighted by atomic mass is 9.93. The van der Waals surface area contributed by atoms with Gasteiger partial charge in [0.2, 0.25) is 0 Å². The zero-order chi connectivity index (χ0) is 27.4. The molecule has 5 nitrogen and oxygen atoms in total. The fraction of sp³-hybridized carbons (Fsp3) is 0.536. The molecule has 0 bridgehead atoms. The van der Waals surface area contributed by atoms with Crippen LogP contribution in [-0.4, -0.2) is 79.1 Å². The minimum absolute atomic E-state index is 0.0791. The van der Waals surface area contributed by atoms with Gasteiger partial charge in [-0.05, 0) is 55.8 Å². The summed E-state index contributed by atoms with van der Waals surface area (Å²) in [5.74, 6) is 0.268. The summed E-state index contributed by atoms with van der Waals surface area (Å²) in [4.78, 5) is 18.9. The van der Waals surface area contributed by atoms with E-state index < -0.39 is 11.7 Å². The third-order valence-corrected chi connectivity index (χ3v) is 8.35. The van der Waals surface area contributed by atoms with Crippen molar-refractivity contribution in [1.29, 1.82) is 0 Å². The predicted octanol–water partition coefficient (Wildman–Crippen LogP) is 5.94. The molecule has 0 aliphatic carbocycles. The summed E-state index contributed by atoms with van der Waals surface area (Å²) in [6.45, 7) is 6.59. The number of halogens is 5. The predicted molar refractivity (Wildman–Crippen MR) is 144 cm³/mol. The number of benzene rings is 2. The molecule has 4 rings (SSSR count). The summed E-state index contributed by atoms with van der Waals surface area (Å²) in [6, 6.07) is 11.2. The van der Waals surface area contributed by atoms with Gasteiger partial charge >= 0.3 is 6.18 Å². The van der Waals surface area contributed by atoms with Crippen LogP contribution in [0.4, 0.5) is 13.2 Å². The van der Waals surface area contributed by atoms with E-state index in [2.05, 4.69) is 14.7 Å². The SMILES string of the molecule is CC(=O)CCC(N1CCOCC1)N1C[C@H](c2ccc(Cl)c(Cl)c2)[C@H](N(C)Cc2ccc(C(F)(F)F)cc2)C1. The van der Waals surface area contributed by atoms with Gasteiger partial charge in [-0.15, -0.1) is 0 Å². The van der Waals surface area contributed by atoms with Crippen LogP contribution in [0.2, 0.25) is 10.0 Å². The van der Waals surface area contributed by atoms with Crippen molar-refractivity contribution in [2.75, 3.05) is 46.4 Å². The molecule has 0 N–H and O–H groups in total. The van der Waals surface area contributed by atoms with Crippen LogP contribution >= 0.6 is 23.2 Å². The van der Waals surface area contributed by atoms with Gasteiger partial charge < -0.3 is 9.53 Å². The molecular formula is C28H34Cl2F3N3O2. The van der Waals surface area contributed by atoms with Crippen molar-refractivity contribution in [2.45, 2.75) is 50.6 Å². The number of likely N-dealkylation sites (tertiary alicyclic amines) is 1. The van der Waals surface area contributed by atoms with Crippen molar-refractivity contribution in [3.8, 4) is 0 Å². The maximum Gasteiger partial charge on any atom is 0.416 e. The smallest absolute Gasteiger partial charge is 0.379 e. The van der Waals surface area contributed by atoms with Gasteiger partial charge in [-0.25, -0.2) is 0 Å². The van der Waals surface area contributed by atoms with Crippen molar-refractivity contribution < 1.29 is 22.7 Å². The summed E-state index contributed by atoms with van der Waals surface area (Å²) in [6.07, 6.45) is -3.03. The van der Waals surface area contributed by atoms with E-state index in [4.69, 9.17) is 27.9 Å². The molecule has 2 aliphatic rings. The summed E-state index contributed by atoms with van der Waals surface area (Å²) >= 11 is 12.6. The number of morpholine rings is 1. The number of hydrogen-bond acceptors (Lipinski definition) is 5. The Kier molecular flexibility index (Phi) is 9.77. The van der Waals surface area contributed by atoms with Crippen molar-refractivity contribution >= 4 is 29.0 Å². The van der Waals surface area contributed by atoms with Crippen LogP contribution in [0.25, 0.3) is 0 Å². The van der Waals surface area contributed by atoms with Gasteiger partial charge in [-0.1, -0.05) is 41.4 Å². The van der Waals surface area contributed by atoms with Crippen LogP contribution in [0.1, 0.15) is 42.4 Å². The highest BCUT2D eigenvalue weighted by Crippen LogP contribution is 2.37. The number of rotatable bonds is 9. The molecule has 2 aromatic carbocycles. The first-order valence-corrected chi connectivity index (χ1v) is 13.6. The molecule has 0 spiro atoms. The van der Waals surface area contributed by atoms with Crippen LogP contribution in [0.15, 0.2) is 42.5 Å². The molecule has 10 heteroatoms. The Morgan fingerprint density at radius 3 is 2.34 bits per heavy atom. The second-order valence-corrected chi connectivity index (χ2v) is 11.1. The van der Waals surface area contributed by atoms with E-state index in [1.165, 1.54) is 0 Å². The van der Waals surface area contributed by atoms with Gasteiger partial charge in [0.15, 0.2) is 0 Å². The zero-order valence-corrected chi connectivity index (χ0v) is 23.2. The average Bonchev–Trinajstić information content (AvgIpc) is 3.31. The fourth-order valence-electron chi connectivity index (χ4n) is 5.59. The Balaban J connectivity index is 1.59. The molecule has 1 unspecified atom stereocenters. The molecule has 2 saturated heterocycles. The van der Waals surface area contributed by atoms with E-state index >= 15 is 0 Å². The van der Waals surface area contributed by atoms with Gasteiger partial charge in [0, 0.05) is 51.1 Å². The normalized spacial score (nSPS) is 22.2. The number of alkyl halides is 3. The monoisotopic (exact) mass is 571 g/mol. The fourth-order valence-corrected chi connectivity index (χ4v) is 5.89.